The normalized spacial score (nSPS) is 19.6. The third-order valence-electron chi connectivity index (χ3n) is 3.82. The summed E-state index contributed by atoms with van der Waals surface area (Å²) in [7, 11) is 0. The Kier molecular flexibility index (Phi) is 2.74. The molecule has 1 aliphatic rings. The second-order valence-corrected chi connectivity index (χ2v) is 5.05. The Morgan fingerprint density at radius 1 is 1.33 bits per heavy atom. The summed E-state index contributed by atoms with van der Waals surface area (Å²) in [4.78, 5) is 3.30. The molecule has 18 heavy (non-hydrogen) atoms. The second kappa shape index (κ2) is 4.28. The van der Waals surface area contributed by atoms with Crippen LogP contribution in [-0.2, 0) is 0 Å². The number of benzene rings is 1. The van der Waals surface area contributed by atoms with Crippen LogP contribution < -0.4 is 10.6 Å². The molecule has 4 heteroatoms. The summed E-state index contributed by atoms with van der Waals surface area (Å²) in [5, 5.41) is 7.62. The smallest absolute Gasteiger partial charge is 0.147 e. The predicted octanol–water partition coefficient (Wildman–Crippen LogP) is 2.70. The number of hydrogen-bond acceptors (Lipinski definition) is 2. The Morgan fingerprint density at radius 2 is 2.17 bits per heavy atom. The van der Waals surface area contributed by atoms with Gasteiger partial charge in [-0.1, -0.05) is 0 Å². The van der Waals surface area contributed by atoms with Gasteiger partial charge in [0, 0.05) is 29.2 Å². The van der Waals surface area contributed by atoms with E-state index in [4.69, 9.17) is 0 Å². The molecule has 1 fully saturated rings. The summed E-state index contributed by atoms with van der Waals surface area (Å²) in [6.07, 6.45) is 1.04. The molecular weight excluding hydrogens is 229 g/mol. The van der Waals surface area contributed by atoms with E-state index in [1.807, 2.05) is 19.9 Å². The van der Waals surface area contributed by atoms with Crippen LogP contribution in [0.3, 0.4) is 0 Å². The Hall–Kier alpha value is -1.55. The van der Waals surface area contributed by atoms with Crippen molar-refractivity contribution in [2.24, 2.45) is 0 Å². The first-order valence-corrected chi connectivity index (χ1v) is 6.41. The van der Waals surface area contributed by atoms with Crippen LogP contribution in [0.5, 0.6) is 0 Å². The van der Waals surface area contributed by atoms with Gasteiger partial charge in [0.25, 0.3) is 0 Å². The number of aromatic nitrogens is 1. The van der Waals surface area contributed by atoms with Crippen molar-refractivity contribution in [3.05, 3.63) is 29.2 Å². The van der Waals surface area contributed by atoms with Gasteiger partial charge in [0.1, 0.15) is 5.82 Å². The highest BCUT2D eigenvalue weighted by Crippen LogP contribution is 2.31. The first kappa shape index (κ1) is 11.5. The van der Waals surface area contributed by atoms with E-state index in [-0.39, 0.29) is 5.82 Å². The van der Waals surface area contributed by atoms with Crippen molar-refractivity contribution in [3.8, 4) is 0 Å². The van der Waals surface area contributed by atoms with E-state index in [0.717, 1.165) is 41.7 Å². The quantitative estimate of drug-likeness (QED) is 0.763. The van der Waals surface area contributed by atoms with Crippen LogP contribution in [-0.4, -0.2) is 24.1 Å². The number of hydrogen-bond donors (Lipinski definition) is 3. The summed E-state index contributed by atoms with van der Waals surface area (Å²) in [5.74, 6) is -0.170. The lowest BCUT2D eigenvalue weighted by atomic mass is 10.1. The molecular formula is C14H18FN3. The molecule has 0 saturated carbocycles. The Balaban J connectivity index is 2.10. The number of rotatable bonds is 2. The summed E-state index contributed by atoms with van der Waals surface area (Å²) >= 11 is 0. The number of aryl methyl sites for hydroxylation is 2. The molecule has 1 aromatic carbocycles. The molecule has 2 heterocycles. The van der Waals surface area contributed by atoms with Gasteiger partial charge in [0.15, 0.2) is 0 Å². The van der Waals surface area contributed by atoms with Gasteiger partial charge >= 0.3 is 0 Å². The highest BCUT2D eigenvalue weighted by atomic mass is 19.1. The highest BCUT2D eigenvalue weighted by molar-refractivity contribution is 5.96. The van der Waals surface area contributed by atoms with E-state index in [1.54, 1.807) is 0 Å². The molecule has 0 unspecified atom stereocenters. The molecule has 0 radical (unpaired) electrons. The molecule has 0 aliphatic carbocycles. The van der Waals surface area contributed by atoms with Crippen LogP contribution in [0.15, 0.2) is 12.1 Å². The number of nitrogens with one attached hydrogen (secondary N) is 3. The summed E-state index contributed by atoms with van der Waals surface area (Å²) in [6, 6.07) is 3.66. The van der Waals surface area contributed by atoms with Crippen LogP contribution in [0.4, 0.5) is 10.1 Å². The minimum Gasteiger partial charge on any atom is -0.378 e. The summed E-state index contributed by atoms with van der Waals surface area (Å²) < 4.78 is 14.1. The van der Waals surface area contributed by atoms with E-state index in [2.05, 4.69) is 15.6 Å². The molecule has 1 saturated heterocycles. The molecule has 1 aromatic heterocycles. The Morgan fingerprint density at radius 3 is 2.89 bits per heavy atom. The zero-order chi connectivity index (χ0) is 12.7. The summed E-state index contributed by atoms with van der Waals surface area (Å²) in [6.45, 7) is 5.96. The monoisotopic (exact) mass is 247 g/mol. The van der Waals surface area contributed by atoms with Crippen molar-refractivity contribution in [3.63, 3.8) is 0 Å². The maximum absolute atomic E-state index is 14.1. The fourth-order valence-electron chi connectivity index (χ4n) is 2.68. The maximum Gasteiger partial charge on any atom is 0.147 e. The zero-order valence-corrected chi connectivity index (χ0v) is 10.7. The average Bonchev–Trinajstić information content (AvgIpc) is 2.94. The Labute approximate surface area is 106 Å². The van der Waals surface area contributed by atoms with E-state index in [0.29, 0.717) is 11.7 Å². The van der Waals surface area contributed by atoms with Crippen LogP contribution in [0.1, 0.15) is 17.7 Å². The predicted molar refractivity (Wildman–Crippen MR) is 72.6 cm³/mol. The van der Waals surface area contributed by atoms with E-state index in [9.17, 15) is 4.39 Å². The van der Waals surface area contributed by atoms with Gasteiger partial charge in [-0.3, -0.25) is 0 Å². The molecule has 3 nitrogen and oxygen atoms in total. The molecule has 96 valence electrons. The number of fused-ring (bicyclic) bond motifs is 1. The topological polar surface area (TPSA) is 39.9 Å². The number of anilines is 1. The minimum absolute atomic E-state index is 0.170. The second-order valence-electron chi connectivity index (χ2n) is 5.05. The molecule has 3 rings (SSSR count). The van der Waals surface area contributed by atoms with Crippen LogP contribution in [0, 0.1) is 19.7 Å². The first-order chi connectivity index (χ1) is 8.66. The zero-order valence-electron chi connectivity index (χ0n) is 10.7. The largest absolute Gasteiger partial charge is 0.378 e. The van der Waals surface area contributed by atoms with Gasteiger partial charge < -0.3 is 15.6 Å². The molecule has 0 bridgehead atoms. The van der Waals surface area contributed by atoms with Gasteiger partial charge in [0.2, 0.25) is 0 Å². The maximum atomic E-state index is 14.1. The van der Waals surface area contributed by atoms with Crippen molar-refractivity contribution < 1.29 is 4.39 Å². The van der Waals surface area contributed by atoms with Gasteiger partial charge in [-0.15, -0.1) is 0 Å². The van der Waals surface area contributed by atoms with Gasteiger partial charge in [-0.2, -0.15) is 0 Å². The van der Waals surface area contributed by atoms with Crippen LogP contribution >= 0.6 is 0 Å². The number of aromatic amines is 1. The van der Waals surface area contributed by atoms with Crippen molar-refractivity contribution >= 4 is 16.6 Å². The molecule has 3 N–H and O–H groups in total. The molecule has 1 atom stereocenters. The average molecular weight is 247 g/mol. The number of halogens is 1. The highest BCUT2D eigenvalue weighted by Gasteiger charge is 2.19. The lowest BCUT2D eigenvalue weighted by Gasteiger charge is -2.15. The number of H-pyrrole nitrogens is 1. The molecule has 0 spiro atoms. The summed E-state index contributed by atoms with van der Waals surface area (Å²) in [5.41, 5.74) is 3.86. The van der Waals surface area contributed by atoms with Crippen molar-refractivity contribution in [1.29, 1.82) is 0 Å². The molecule has 0 amide bonds. The fourth-order valence-corrected chi connectivity index (χ4v) is 2.68. The standard InChI is InChI=1S/C14H18FN3/c1-8-9(2)17-12-4-3-11(15)14(13(8)12)18-10-5-6-16-7-10/h3-4,10,16-18H,5-7H2,1-2H3/t10-/m0/s1. The third kappa shape index (κ3) is 1.77. The lowest BCUT2D eigenvalue weighted by molar-refractivity contribution is 0.628. The lowest BCUT2D eigenvalue weighted by Crippen LogP contribution is -2.22. The van der Waals surface area contributed by atoms with Gasteiger partial charge in [-0.05, 0) is 44.5 Å². The first-order valence-electron chi connectivity index (χ1n) is 6.41. The minimum atomic E-state index is -0.170. The van der Waals surface area contributed by atoms with Gasteiger partial charge in [0.05, 0.1) is 5.69 Å². The van der Waals surface area contributed by atoms with Crippen molar-refractivity contribution in [2.45, 2.75) is 26.3 Å². The van der Waals surface area contributed by atoms with E-state index >= 15 is 0 Å². The fraction of sp³-hybridized carbons (Fsp3) is 0.429. The Bertz CT molecular complexity index is 582. The van der Waals surface area contributed by atoms with Crippen molar-refractivity contribution in [2.75, 3.05) is 18.4 Å². The van der Waals surface area contributed by atoms with Crippen LogP contribution in [0.2, 0.25) is 0 Å². The van der Waals surface area contributed by atoms with Crippen LogP contribution in [0.25, 0.3) is 10.9 Å². The SMILES string of the molecule is Cc1[nH]c2ccc(F)c(N[C@H]3CCNC3)c2c1C. The third-order valence-corrected chi connectivity index (χ3v) is 3.82. The van der Waals surface area contributed by atoms with E-state index in [1.165, 1.54) is 6.07 Å². The van der Waals surface area contributed by atoms with E-state index < -0.39 is 0 Å². The molecule has 1 aliphatic heterocycles. The van der Waals surface area contributed by atoms with Gasteiger partial charge in [-0.25, -0.2) is 4.39 Å². The van der Waals surface area contributed by atoms with Crippen molar-refractivity contribution in [1.82, 2.24) is 10.3 Å². The molecule has 2 aromatic rings.